The lowest BCUT2D eigenvalue weighted by atomic mass is 10.0. The maximum atomic E-state index is 12.1. The van der Waals surface area contributed by atoms with Gasteiger partial charge in [0.15, 0.2) is 0 Å². The largest absolute Gasteiger partial charge is 0.465 e. The number of benzene rings is 2. The number of hydrogen-bond acceptors (Lipinski definition) is 6. The standard InChI is InChI=1S/C20H18N2O5/c1-27-20(26)15-4-2-3-14(11-15)13-5-7-16(8-6-13)21-17-12-18(24)22(9-10-23)19(17)25/h2-8,11-12,21,23H,9-10H2,1H3. The second-order valence-electron chi connectivity index (χ2n) is 5.85. The van der Waals surface area contributed by atoms with E-state index in [1.54, 1.807) is 30.3 Å². The van der Waals surface area contributed by atoms with Crippen LogP contribution in [0.4, 0.5) is 5.69 Å². The van der Waals surface area contributed by atoms with E-state index in [1.807, 2.05) is 18.2 Å². The van der Waals surface area contributed by atoms with Crippen molar-refractivity contribution in [3.05, 3.63) is 65.9 Å². The minimum atomic E-state index is -0.469. The Morgan fingerprint density at radius 2 is 1.85 bits per heavy atom. The van der Waals surface area contributed by atoms with Crippen LogP contribution in [-0.2, 0) is 14.3 Å². The molecule has 3 rings (SSSR count). The number of aliphatic hydroxyl groups is 1. The first-order valence-electron chi connectivity index (χ1n) is 8.27. The molecule has 0 fully saturated rings. The van der Waals surface area contributed by atoms with Crippen molar-refractivity contribution in [1.82, 2.24) is 4.90 Å². The van der Waals surface area contributed by atoms with E-state index < -0.39 is 17.8 Å². The van der Waals surface area contributed by atoms with E-state index in [9.17, 15) is 14.4 Å². The van der Waals surface area contributed by atoms with Crippen LogP contribution < -0.4 is 5.32 Å². The Labute approximate surface area is 155 Å². The SMILES string of the molecule is COC(=O)c1cccc(-c2ccc(NC3=CC(=O)N(CCO)C3=O)cc2)c1. The molecule has 27 heavy (non-hydrogen) atoms. The van der Waals surface area contributed by atoms with Crippen molar-refractivity contribution in [2.75, 3.05) is 25.6 Å². The number of amides is 2. The van der Waals surface area contributed by atoms with Crippen molar-refractivity contribution in [1.29, 1.82) is 0 Å². The third-order valence-corrected chi connectivity index (χ3v) is 4.11. The lowest BCUT2D eigenvalue weighted by molar-refractivity contribution is -0.137. The van der Waals surface area contributed by atoms with Crippen molar-refractivity contribution in [2.24, 2.45) is 0 Å². The number of rotatable bonds is 6. The van der Waals surface area contributed by atoms with Crippen molar-refractivity contribution in [3.63, 3.8) is 0 Å². The van der Waals surface area contributed by atoms with Gasteiger partial charge >= 0.3 is 5.97 Å². The van der Waals surface area contributed by atoms with Crippen LogP contribution in [0.2, 0.25) is 0 Å². The van der Waals surface area contributed by atoms with Crippen LogP contribution in [0.1, 0.15) is 10.4 Å². The van der Waals surface area contributed by atoms with Crippen LogP contribution in [0.5, 0.6) is 0 Å². The Bertz CT molecular complexity index is 918. The number of nitrogens with one attached hydrogen (secondary N) is 1. The van der Waals surface area contributed by atoms with Crippen LogP contribution >= 0.6 is 0 Å². The number of carbonyl (C=O) groups is 3. The molecule has 0 saturated carbocycles. The number of carbonyl (C=O) groups excluding carboxylic acids is 3. The predicted octanol–water partition coefficient (Wildman–Crippen LogP) is 1.80. The minimum Gasteiger partial charge on any atom is -0.465 e. The average molecular weight is 366 g/mol. The number of nitrogens with zero attached hydrogens (tertiary/aromatic N) is 1. The van der Waals surface area contributed by atoms with Gasteiger partial charge in [-0.05, 0) is 35.4 Å². The number of ether oxygens (including phenoxy) is 1. The second kappa shape index (κ2) is 7.84. The molecule has 2 N–H and O–H groups in total. The van der Waals surface area contributed by atoms with Gasteiger partial charge in [-0.15, -0.1) is 0 Å². The summed E-state index contributed by atoms with van der Waals surface area (Å²) in [5, 5.41) is 11.8. The molecular formula is C20H18N2O5. The summed E-state index contributed by atoms with van der Waals surface area (Å²) in [4.78, 5) is 36.6. The molecule has 1 aliphatic heterocycles. The highest BCUT2D eigenvalue weighted by Crippen LogP contribution is 2.24. The Hall–Kier alpha value is -3.45. The Kier molecular flexibility index (Phi) is 5.33. The molecule has 0 unspecified atom stereocenters. The summed E-state index contributed by atoms with van der Waals surface area (Å²) in [7, 11) is 1.33. The van der Waals surface area contributed by atoms with Gasteiger partial charge in [0.25, 0.3) is 11.8 Å². The molecule has 2 aromatic carbocycles. The van der Waals surface area contributed by atoms with Crippen LogP contribution in [0, 0.1) is 0 Å². The number of esters is 1. The van der Waals surface area contributed by atoms with Gasteiger partial charge in [0.05, 0.1) is 25.8 Å². The normalized spacial score (nSPS) is 13.6. The molecule has 2 amide bonds. The molecule has 0 aliphatic carbocycles. The summed E-state index contributed by atoms with van der Waals surface area (Å²) < 4.78 is 4.73. The molecule has 138 valence electrons. The van der Waals surface area contributed by atoms with E-state index in [0.29, 0.717) is 11.3 Å². The first-order valence-corrected chi connectivity index (χ1v) is 8.27. The maximum Gasteiger partial charge on any atom is 0.337 e. The highest BCUT2D eigenvalue weighted by atomic mass is 16.5. The zero-order valence-electron chi connectivity index (χ0n) is 14.6. The highest BCUT2D eigenvalue weighted by molar-refractivity contribution is 6.17. The second-order valence-corrected chi connectivity index (χ2v) is 5.85. The van der Waals surface area contributed by atoms with E-state index in [1.165, 1.54) is 13.2 Å². The molecule has 1 aliphatic rings. The molecule has 0 atom stereocenters. The first kappa shape index (κ1) is 18.3. The van der Waals surface area contributed by atoms with E-state index >= 15 is 0 Å². The van der Waals surface area contributed by atoms with Crippen molar-refractivity contribution in [3.8, 4) is 11.1 Å². The molecular weight excluding hydrogens is 348 g/mol. The molecule has 0 bridgehead atoms. The molecule has 7 heteroatoms. The Balaban J connectivity index is 1.75. The van der Waals surface area contributed by atoms with E-state index in [0.717, 1.165) is 16.0 Å². The zero-order chi connectivity index (χ0) is 19.4. The molecule has 0 radical (unpaired) electrons. The topological polar surface area (TPSA) is 95.9 Å². The van der Waals surface area contributed by atoms with Gasteiger partial charge in [0, 0.05) is 11.8 Å². The predicted molar refractivity (Wildman–Crippen MR) is 98.7 cm³/mol. The highest BCUT2D eigenvalue weighted by Gasteiger charge is 2.30. The maximum absolute atomic E-state index is 12.1. The molecule has 0 aromatic heterocycles. The summed E-state index contributed by atoms with van der Waals surface area (Å²) in [6.07, 6.45) is 1.21. The number of β-amino-alcohol motifs (C(OH)–C–C–N with tert-alkyl or cyclic N) is 1. The van der Waals surface area contributed by atoms with Crippen LogP contribution in [0.15, 0.2) is 60.3 Å². The number of hydrogen-bond donors (Lipinski definition) is 2. The summed E-state index contributed by atoms with van der Waals surface area (Å²) >= 11 is 0. The van der Waals surface area contributed by atoms with E-state index in [2.05, 4.69) is 5.32 Å². The minimum absolute atomic E-state index is 0.0329. The van der Waals surface area contributed by atoms with E-state index in [-0.39, 0.29) is 18.8 Å². The van der Waals surface area contributed by atoms with Crippen molar-refractivity contribution < 1.29 is 24.2 Å². The van der Waals surface area contributed by atoms with Gasteiger partial charge in [0.2, 0.25) is 0 Å². The number of anilines is 1. The van der Waals surface area contributed by atoms with Gasteiger partial charge in [-0.25, -0.2) is 4.79 Å². The zero-order valence-corrected chi connectivity index (χ0v) is 14.6. The monoisotopic (exact) mass is 366 g/mol. The summed E-state index contributed by atoms with van der Waals surface area (Å²) in [6.45, 7) is -0.313. The molecule has 0 saturated heterocycles. The number of aliphatic hydroxyl groups excluding tert-OH is 1. The number of imide groups is 1. The van der Waals surface area contributed by atoms with Crippen LogP contribution in [0.3, 0.4) is 0 Å². The average Bonchev–Trinajstić information content (AvgIpc) is 2.96. The first-order chi connectivity index (χ1) is 13.0. The summed E-state index contributed by atoms with van der Waals surface area (Å²) in [5.74, 6) is -1.32. The van der Waals surface area contributed by atoms with E-state index in [4.69, 9.17) is 9.84 Å². The molecule has 0 spiro atoms. The fourth-order valence-corrected chi connectivity index (χ4v) is 2.75. The van der Waals surface area contributed by atoms with Crippen molar-refractivity contribution in [2.45, 2.75) is 0 Å². The summed E-state index contributed by atoms with van der Waals surface area (Å²) in [5.41, 5.74) is 3.00. The van der Waals surface area contributed by atoms with Gasteiger partial charge in [0.1, 0.15) is 5.70 Å². The Morgan fingerprint density at radius 1 is 1.11 bits per heavy atom. The van der Waals surface area contributed by atoms with Gasteiger partial charge in [-0.2, -0.15) is 0 Å². The molecule has 7 nitrogen and oxygen atoms in total. The third-order valence-electron chi connectivity index (χ3n) is 4.11. The fraction of sp³-hybridized carbons (Fsp3) is 0.150. The summed E-state index contributed by atoms with van der Waals surface area (Å²) in [6, 6.07) is 14.3. The fourth-order valence-electron chi connectivity index (χ4n) is 2.75. The molecule has 2 aromatic rings. The van der Waals surface area contributed by atoms with Crippen molar-refractivity contribution >= 4 is 23.5 Å². The third kappa shape index (κ3) is 3.88. The Morgan fingerprint density at radius 3 is 2.52 bits per heavy atom. The number of methoxy groups -OCH3 is 1. The van der Waals surface area contributed by atoms with Gasteiger partial charge in [-0.1, -0.05) is 24.3 Å². The quantitative estimate of drug-likeness (QED) is 0.598. The van der Waals surface area contributed by atoms with Gasteiger partial charge < -0.3 is 15.2 Å². The smallest absolute Gasteiger partial charge is 0.337 e. The lowest BCUT2D eigenvalue weighted by Crippen LogP contribution is -2.34. The van der Waals surface area contributed by atoms with Gasteiger partial charge in [-0.3, -0.25) is 14.5 Å². The lowest BCUT2D eigenvalue weighted by Gasteiger charge is -2.13. The van der Waals surface area contributed by atoms with Crippen LogP contribution in [-0.4, -0.2) is 48.1 Å². The van der Waals surface area contributed by atoms with Crippen LogP contribution in [0.25, 0.3) is 11.1 Å². The molecule has 1 heterocycles.